The molecule has 0 fully saturated rings. The first-order valence-electron chi connectivity index (χ1n) is 3.21. The lowest BCUT2D eigenvalue weighted by molar-refractivity contribution is 0.0695. The molecule has 1 atom stereocenters. The van der Waals surface area contributed by atoms with E-state index in [1.807, 2.05) is 0 Å². The minimum Gasteiger partial charge on any atom is -0.478 e. The van der Waals surface area contributed by atoms with Crippen LogP contribution in [-0.4, -0.2) is 21.5 Å². The van der Waals surface area contributed by atoms with Gasteiger partial charge in [-0.05, 0) is 6.07 Å². The number of aromatic carboxylic acids is 1. The van der Waals surface area contributed by atoms with Gasteiger partial charge in [0.25, 0.3) is 0 Å². The van der Waals surface area contributed by atoms with Crippen LogP contribution in [0.5, 0.6) is 0 Å². The average molecular weight is 188 g/mol. The van der Waals surface area contributed by atoms with Gasteiger partial charge in [0.2, 0.25) is 0 Å². The van der Waals surface area contributed by atoms with E-state index >= 15 is 0 Å². The highest BCUT2D eigenvalue weighted by atomic mass is 32.2. The predicted molar refractivity (Wildman–Crippen MR) is 43.4 cm³/mol. The van der Waals surface area contributed by atoms with Gasteiger partial charge >= 0.3 is 5.97 Å². The van der Waals surface area contributed by atoms with E-state index in [0.29, 0.717) is 0 Å². The maximum atomic E-state index is 10.7. The predicted octanol–water partition coefficient (Wildman–Crippen LogP) is 0.856. The highest BCUT2D eigenvalue weighted by Gasteiger charge is 2.13. The first-order valence-corrected chi connectivity index (χ1v) is 4.93. The van der Waals surface area contributed by atoms with Crippen LogP contribution in [0.1, 0.15) is 16.1 Å². The molecule has 0 spiro atoms. The Balaban J connectivity index is 2.91. The Labute approximate surface area is 71.7 Å². The standard InChI is InChI=1S/C7H8O4S/c1-12(10)4-6-5(7(8)9)2-3-11-6/h2-3H,4H2,1H3,(H,8,9). The Morgan fingerprint density at radius 1 is 1.75 bits per heavy atom. The summed E-state index contributed by atoms with van der Waals surface area (Å²) in [7, 11) is -1.08. The lowest BCUT2D eigenvalue weighted by Gasteiger charge is -1.94. The van der Waals surface area contributed by atoms with Gasteiger partial charge in [0.15, 0.2) is 0 Å². The third-order valence-corrected chi connectivity index (χ3v) is 1.98. The fourth-order valence-electron chi connectivity index (χ4n) is 0.828. The van der Waals surface area contributed by atoms with Gasteiger partial charge < -0.3 is 9.52 Å². The number of furan rings is 1. The minimum atomic E-state index is -1.08. The van der Waals surface area contributed by atoms with Gasteiger partial charge in [-0.1, -0.05) is 0 Å². The van der Waals surface area contributed by atoms with Crippen molar-refractivity contribution >= 4 is 16.8 Å². The minimum absolute atomic E-state index is 0.0881. The molecule has 1 N–H and O–H groups in total. The van der Waals surface area contributed by atoms with E-state index < -0.39 is 16.8 Å². The van der Waals surface area contributed by atoms with Crippen molar-refractivity contribution in [3.05, 3.63) is 23.7 Å². The van der Waals surface area contributed by atoms with Gasteiger partial charge in [-0.3, -0.25) is 4.21 Å². The van der Waals surface area contributed by atoms with Crippen LogP contribution in [0.25, 0.3) is 0 Å². The van der Waals surface area contributed by atoms with Crippen molar-refractivity contribution in [2.45, 2.75) is 5.75 Å². The lowest BCUT2D eigenvalue weighted by atomic mass is 10.3. The molecule has 1 heterocycles. The molecule has 0 radical (unpaired) electrons. The van der Waals surface area contributed by atoms with Gasteiger partial charge in [-0.2, -0.15) is 0 Å². The molecule has 0 aliphatic rings. The maximum Gasteiger partial charge on any atom is 0.339 e. The summed E-state index contributed by atoms with van der Waals surface area (Å²) in [5, 5.41) is 8.61. The van der Waals surface area contributed by atoms with Crippen LogP contribution in [0, 0.1) is 0 Å². The number of carboxylic acid groups (broad SMARTS) is 1. The Bertz CT molecular complexity index is 315. The SMILES string of the molecule is CS(=O)Cc1occc1C(=O)O. The quantitative estimate of drug-likeness (QED) is 0.763. The molecule has 4 nitrogen and oxygen atoms in total. The molecular formula is C7H8O4S. The van der Waals surface area contributed by atoms with Gasteiger partial charge in [0.05, 0.1) is 12.0 Å². The number of hydrogen-bond donors (Lipinski definition) is 1. The van der Waals surface area contributed by atoms with Crippen LogP contribution in [0.2, 0.25) is 0 Å². The summed E-state index contributed by atoms with van der Waals surface area (Å²) in [5.41, 5.74) is 0.0881. The topological polar surface area (TPSA) is 67.5 Å². The van der Waals surface area contributed by atoms with Gasteiger partial charge in [-0.25, -0.2) is 4.79 Å². The number of carboxylic acids is 1. The largest absolute Gasteiger partial charge is 0.478 e. The monoisotopic (exact) mass is 188 g/mol. The van der Waals surface area contributed by atoms with Gasteiger partial charge in [-0.15, -0.1) is 0 Å². The summed E-state index contributed by atoms with van der Waals surface area (Å²) in [4.78, 5) is 10.5. The molecule has 0 saturated carbocycles. The van der Waals surface area contributed by atoms with Crippen molar-refractivity contribution in [3.8, 4) is 0 Å². The first-order chi connectivity index (χ1) is 5.61. The zero-order valence-electron chi connectivity index (χ0n) is 6.44. The molecule has 0 aliphatic carbocycles. The molecule has 5 heteroatoms. The van der Waals surface area contributed by atoms with Crippen LogP contribution in [0.3, 0.4) is 0 Å². The smallest absolute Gasteiger partial charge is 0.339 e. The Morgan fingerprint density at radius 2 is 2.42 bits per heavy atom. The normalized spacial score (nSPS) is 12.8. The fourth-order valence-corrected chi connectivity index (χ4v) is 1.42. The molecule has 0 aliphatic heterocycles. The van der Waals surface area contributed by atoms with Crippen molar-refractivity contribution in [2.24, 2.45) is 0 Å². The molecule has 1 aromatic heterocycles. The Kier molecular flexibility index (Phi) is 2.65. The molecule has 0 aromatic carbocycles. The first kappa shape index (κ1) is 8.99. The highest BCUT2D eigenvalue weighted by Crippen LogP contribution is 2.11. The van der Waals surface area contributed by atoms with Crippen molar-refractivity contribution < 1.29 is 18.5 Å². The van der Waals surface area contributed by atoms with E-state index in [1.165, 1.54) is 18.6 Å². The molecule has 66 valence electrons. The van der Waals surface area contributed by atoms with Crippen LogP contribution in [-0.2, 0) is 16.6 Å². The molecule has 0 amide bonds. The van der Waals surface area contributed by atoms with Crippen LogP contribution >= 0.6 is 0 Å². The maximum absolute atomic E-state index is 10.7. The summed E-state index contributed by atoms with van der Waals surface area (Å²) >= 11 is 0. The third-order valence-electron chi connectivity index (χ3n) is 1.31. The number of carbonyl (C=O) groups is 1. The second-order valence-corrected chi connectivity index (χ2v) is 3.72. The Morgan fingerprint density at radius 3 is 2.92 bits per heavy atom. The molecule has 0 bridgehead atoms. The van der Waals surface area contributed by atoms with Crippen molar-refractivity contribution in [1.29, 1.82) is 0 Å². The molecule has 1 rings (SSSR count). The van der Waals surface area contributed by atoms with E-state index in [9.17, 15) is 9.00 Å². The molecule has 12 heavy (non-hydrogen) atoms. The number of hydrogen-bond acceptors (Lipinski definition) is 3. The molecule has 1 unspecified atom stereocenters. The second kappa shape index (κ2) is 3.53. The summed E-state index contributed by atoms with van der Waals surface area (Å²) in [6.07, 6.45) is 2.78. The summed E-state index contributed by atoms with van der Waals surface area (Å²) in [6.45, 7) is 0. The summed E-state index contributed by atoms with van der Waals surface area (Å²) in [6, 6.07) is 1.35. The van der Waals surface area contributed by atoms with Crippen LogP contribution < -0.4 is 0 Å². The zero-order chi connectivity index (χ0) is 9.14. The molecule has 0 saturated heterocycles. The summed E-state index contributed by atoms with van der Waals surface area (Å²) in [5.74, 6) is -0.637. The number of rotatable bonds is 3. The molecular weight excluding hydrogens is 180 g/mol. The van der Waals surface area contributed by atoms with E-state index in [-0.39, 0.29) is 17.1 Å². The molecule has 1 aromatic rings. The summed E-state index contributed by atoms with van der Waals surface area (Å²) < 4.78 is 15.6. The van der Waals surface area contributed by atoms with E-state index in [4.69, 9.17) is 9.52 Å². The highest BCUT2D eigenvalue weighted by molar-refractivity contribution is 7.83. The van der Waals surface area contributed by atoms with Crippen molar-refractivity contribution in [1.82, 2.24) is 0 Å². The van der Waals surface area contributed by atoms with Crippen molar-refractivity contribution in [3.63, 3.8) is 0 Å². The van der Waals surface area contributed by atoms with Gasteiger partial charge in [0, 0.05) is 17.1 Å². The average Bonchev–Trinajstić information content (AvgIpc) is 2.33. The van der Waals surface area contributed by atoms with Crippen LogP contribution in [0.15, 0.2) is 16.7 Å². The van der Waals surface area contributed by atoms with Gasteiger partial charge in [0.1, 0.15) is 11.3 Å². The van der Waals surface area contributed by atoms with E-state index in [0.717, 1.165) is 0 Å². The fraction of sp³-hybridized carbons (Fsp3) is 0.286. The van der Waals surface area contributed by atoms with Crippen molar-refractivity contribution in [2.75, 3.05) is 6.26 Å². The van der Waals surface area contributed by atoms with Crippen LogP contribution in [0.4, 0.5) is 0 Å². The Hall–Kier alpha value is -1.10. The zero-order valence-corrected chi connectivity index (χ0v) is 7.26. The van der Waals surface area contributed by atoms with E-state index in [1.54, 1.807) is 0 Å². The second-order valence-electron chi connectivity index (χ2n) is 2.28. The lowest BCUT2D eigenvalue weighted by Crippen LogP contribution is -2.00. The van der Waals surface area contributed by atoms with E-state index in [2.05, 4.69) is 0 Å². The third kappa shape index (κ3) is 1.94.